The van der Waals surface area contributed by atoms with Crippen LogP contribution in [0.1, 0.15) is 76.0 Å². The summed E-state index contributed by atoms with van der Waals surface area (Å²) in [7, 11) is 0. The molecule has 3 aliphatic rings. The standard InChI is InChI=1S/C27H27ClN2O5/c28-18-9-10-23-21(16-18)22(31)17-27(35-23)11-14-29(15-12-27)24(32)8-2-1-5-13-30-25(33)19-6-3-4-7-20(19)26(30)34/h3-4,6-7,9-10,16H,1-2,5,8,11-15,17H2. The van der Waals surface area contributed by atoms with Crippen molar-refractivity contribution in [1.29, 1.82) is 0 Å². The molecule has 0 aromatic heterocycles. The first-order valence-corrected chi connectivity index (χ1v) is 12.5. The third-order valence-corrected chi connectivity index (χ3v) is 7.46. The molecule has 1 fully saturated rings. The second kappa shape index (κ2) is 9.46. The average Bonchev–Trinajstić information content (AvgIpc) is 3.09. The van der Waals surface area contributed by atoms with Gasteiger partial charge in [0.15, 0.2) is 5.78 Å². The second-order valence-electron chi connectivity index (χ2n) is 9.52. The SMILES string of the molecule is O=C1CC2(CCN(C(=O)CCCCCN3C(=O)c4ccccc4C3=O)CC2)Oc2ccc(Cl)cc21. The smallest absolute Gasteiger partial charge is 0.261 e. The summed E-state index contributed by atoms with van der Waals surface area (Å²) < 4.78 is 6.24. The average molecular weight is 495 g/mol. The maximum absolute atomic E-state index is 12.7. The molecular weight excluding hydrogens is 468 g/mol. The lowest BCUT2D eigenvalue weighted by Crippen LogP contribution is -2.52. The molecule has 0 N–H and O–H groups in total. The molecule has 3 heterocycles. The molecule has 0 bridgehead atoms. The number of halogens is 1. The summed E-state index contributed by atoms with van der Waals surface area (Å²) in [5.74, 6) is 0.223. The number of ketones is 1. The monoisotopic (exact) mass is 494 g/mol. The molecule has 182 valence electrons. The van der Waals surface area contributed by atoms with E-state index in [-0.39, 0.29) is 23.5 Å². The van der Waals surface area contributed by atoms with E-state index in [1.807, 2.05) is 4.90 Å². The summed E-state index contributed by atoms with van der Waals surface area (Å²) in [6.07, 6.45) is 4.09. The van der Waals surface area contributed by atoms with Gasteiger partial charge in [0, 0.05) is 43.9 Å². The van der Waals surface area contributed by atoms with Crippen LogP contribution in [0.25, 0.3) is 0 Å². The van der Waals surface area contributed by atoms with Crippen LogP contribution >= 0.6 is 11.6 Å². The van der Waals surface area contributed by atoms with E-state index in [0.29, 0.717) is 85.6 Å². The minimum absolute atomic E-state index is 0.0339. The minimum atomic E-state index is -0.554. The Hall–Kier alpha value is -3.19. The topological polar surface area (TPSA) is 84.0 Å². The molecule has 0 radical (unpaired) electrons. The first kappa shape index (κ1) is 23.5. The first-order chi connectivity index (χ1) is 16.9. The van der Waals surface area contributed by atoms with Gasteiger partial charge in [0.2, 0.25) is 5.91 Å². The van der Waals surface area contributed by atoms with Gasteiger partial charge in [-0.25, -0.2) is 0 Å². The number of ether oxygens (including phenoxy) is 1. The van der Waals surface area contributed by atoms with Crippen molar-refractivity contribution in [3.8, 4) is 5.75 Å². The van der Waals surface area contributed by atoms with E-state index in [2.05, 4.69) is 0 Å². The number of Topliss-reactive ketones (excluding diaryl/α,β-unsaturated/α-hetero) is 1. The normalized spacial score (nSPS) is 18.5. The summed E-state index contributed by atoms with van der Waals surface area (Å²) in [4.78, 5) is 53.4. The minimum Gasteiger partial charge on any atom is -0.486 e. The number of rotatable bonds is 6. The fraction of sp³-hybridized carbons (Fsp3) is 0.407. The zero-order valence-electron chi connectivity index (χ0n) is 19.4. The van der Waals surface area contributed by atoms with E-state index in [4.69, 9.17) is 16.3 Å². The van der Waals surface area contributed by atoms with E-state index >= 15 is 0 Å². The largest absolute Gasteiger partial charge is 0.486 e. The molecule has 3 aliphatic heterocycles. The number of unbranched alkanes of at least 4 members (excludes halogenated alkanes) is 2. The summed E-state index contributed by atoms with van der Waals surface area (Å²) in [6, 6.07) is 12.0. The number of likely N-dealkylation sites (tertiary alicyclic amines) is 1. The van der Waals surface area contributed by atoms with Gasteiger partial charge in [0.1, 0.15) is 11.4 Å². The molecule has 0 aliphatic carbocycles. The van der Waals surface area contributed by atoms with Gasteiger partial charge in [0.25, 0.3) is 11.8 Å². The molecule has 3 amide bonds. The Morgan fingerprint density at radius 1 is 0.914 bits per heavy atom. The van der Waals surface area contributed by atoms with Crippen LogP contribution in [0, 0.1) is 0 Å². The van der Waals surface area contributed by atoms with Crippen molar-refractivity contribution >= 4 is 35.1 Å². The van der Waals surface area contributed by atoms with Gasteiger partial charge in [-0.2, -0.15) is 0 Å². The number of nitrogens with zero attached hydrogens (tertiary/aromatic N) is 2. The predicted molar refractivity (Wildman–Crippen MR) is 130 cm³/mol. The van der Waals surface area contributed by atoms with Crippen molar-refractivity contribution in [2.75, 3.05) is 19.6 Å². The van der Waals surface area contributed by atoms with Crippen LogP contribution in [-0.4, -0.2) is 58.5 Å². The summed E-state index contributed by atoms with van der Waals surface area (Å²) in [6.45, 7) is 1.49. The lowest BCUT2D eigenvalue weighted by Gasteiger charge is -2.44. The van der Waals surface area contributed by atoms with Crippen LogP contribution < -0.4 is 4.74 Å². The molecule has 0 unspecified atom stereocenters. The van der Waals surface area contributed by atoms with E-state index in [0.717, 1.165) is 6.42 Å². The quantitative estimate of drug-likeness (QED) is 0.435. The van der Waals surface area contributed by atoms with Crippen LogP contribution in [0.5, 0.6) is 5.75 Å². The summed E-state index contributed by atoms with van der Waals surface area (Å²) in [5.41, 5.74) is 0.905. The summed E-state index contributed by atoms with van der Waals surface area (Å²) >= 11 is 6.02. The van der Waals surface area contributed by atoms with Gasteiger partial charge in [0.05, 0.1) is 23.1 Å². The number of piperidine rings is 1. The third-order valence-electron chi connectivity index (χ3n) is 7.23. The van der Waals surface area contributed by atoms with Crippen molar-refractivity contribution in [3.63, 3.8) is 0 Å². The molecule has 2 aromatic carbocycles. The highest BCUT2D eigenvalue weighted by Gasteiger charge is 2.43. The maximum Gasteiger partial charge on any atom is 0.261 e. The van der Waals surface area contributed by atoms with Crippen LogP contribution in [0.4, 0.5) is 0 Å². The van der Waals surface area contributed by atoms with E-state index in [1.165, 1.54) is 4.90 Å². The highest BCUT2D eigenvalue weighted by Crippen LogP contribution is 2.40. The number of carbonyl (C=O) groups excluding carboxylic acids is 4. The highest BCUT2D eigenvalue weighted by atomic mass is 35.5. The van der Waals surface area contributed by atoms with E-state index < -0.39 is 5.60 Å². The molecule has 1 spiro atoms. The maximum atomic E-state index is 12.7. The number of fused-ring (bicyclic) bond motifs is 2. The van der Waals surface area contributed by atoms with Crippen molar-refractivity contribution in [2.45, 2.75) is 50.5 Å². The Bertz CT molecular complexity index is 1170. The van der Waals surface area contributed by atoms with Crippen molar-refractivity contribution in [1.82, 2.24) is 9.80 Å². The van der Waals surface area contributed by atoms with Gasteiger partial charge in [-0.05, 0) is 43.2 Å². The van der Waals surface area contributed by atoms with E-state index in [9.17, 15) is 19.2 Å². The fourth-order valence-electron chi connectivity index (χ4n) is 5.23. The molecule has 1 saturated heterocycles. The molecule has 0 atom stereocenters. The lowest BCUT2D eigenvalue weighted by atomic mass is 9.82. The Labute approximate surface area is 209 Å². The van der Waals surface area contributed by atoms with Gasteiger partial charge < -0.3 is 9.64 Å². The predicted octanol–water partition coefficient (Wildman–Crippen LogP) is 4.52. The first-order valence-electron chi connectivity index (χ1n) is 12.1. The molecule has 5 rings (SSSR count). The highest BCUT2D eigenvalue weighted by molar-refractivity contribution is 6.31. The van der Waals surface area contributed by atoms with E-state index in [1.54, 1.807) is 42.5 Å². The fourth-order valence-corrected chi connectivity index (χ4v) is 5.40. The molecule has 0 saturated carbocycles. The molecule has 7 nitrogen and oxygen atoms in total. The lowest BCUT2D eigenvalue weighted by molar-refractivity contribution is -0.134. The van der Waals surface area contributed by atoms with Gasteiger partial charge in [-0.1, -0.05) is 30.2 Å². The van der Waals surface area contributed by atoms with Crippen LogP contribution in [0.2, 0.25) is 5.02 Å². The van der Waals surface area contributed by atoms with Crippen LogP contribution in [-0.2, 0) is 4.79 Å². The zero-order valence-corrected chi connectivity index (χ0v) is 20.2. The Morgan fingerprint density at radius 2 is 1.60 bits per heavy atom. The third kappa shape index (κ3) is 4.57. The second-order valence-corrected chi connectivity index (χ2v) is 9.96. The Balaban J connectivity index is 1.05. The molecule has 8 heteroatoms. The van der Waals surface area contributed by atoms with Gasteiger partial charge >= 0.3 is 0 Å². The van der Waals surface area contributed by atoms with Crippen LogP contribution in [0.3, 0.4) is 0 Å². The zero-order chi connectivity index (χ0) is 24.6. The number of amides is 3. The number of hydrogen-bond donors (Lipinski definition) is 0. The van der Waals surface area contributed by atoms with Gasteiger partial charge in [-0.3, -0.25) is 24.1 Å². The van der Waals surface area contributed by atoms with Gasteiger partial charge in [-0.15, -0.1) is 0 Å². The number of benzene rings is 2. The van der Waals surface area contributed by atoms with Crippen molar-refractivity contribution < 1.29 is 23.9 Å². The molecular formula is C27H27ClN2O5. The number of hydrogen-bond acceptors (Lipinski definition) is 5. The van der Waals surface area contributed by atoms with Crippen molar-refractivity contribution in [3.05, 3.63) is 64.2 Å². The molecule has 2 aromatic rings. The van der Waals surface area contributed by atoms with Crippen LogP contribution in [0.15, 0.2) is 42.5 Å². The Kier molecular flexibility index (Phi) is 6.36. The number of imide groups is 1. The molecule has 35 heavy (non-hydrogen) atoms. The summed E-state index contributed by atoms with van der Waals surface area (Å²) in [5, 5.41) is 0.515. The number of carbonyl (C=O) groups is 4. The Morgan fingerprint density at radius 3 is 2.29 bits per heavy atom. The van der Waals surface area contributed by atoms with Crippen molar-refractivity contribution in [2.24, 2.45) is 0 Å².